The zero-order valence-corrected chi connectivity index (χ0v) is 26.0. The van der Waals surface area contributed by atoms with E-state index in [2.05, 4.69) is 17.2 Å². The largest absolute Gasteiger partial charge is 0.508 e. The number of primary amides is 1. The third-order valence-corrected chi connectivity index (χ3v) is 8.19. The Morgan fingerprint density at radius 1 is 1.02 bits per heavy atom. The van der Waals surface area contributed by atoms with E-state index < -0.39 is 18.0 Å². The summed E-state index contributed by atoms with van der Waals surface area (Å²) in [6, 6.07) is 18.5. The molecule has 4 rings (SSSR count). The van der Waals surface area contributed by atoms with Gasteiger partial charge in [-0.05, 0) is 86.9 Å². The van der Waals surface area contributed by atoms with Crippen molar-refractivity contribution in [3.63, 3.8) is 0 Å². The summed E-state index contributed by atoms with van der Waals surface area (Å²) in [5.74, 6) is -0.564. The highest BCUT2D eigenvalue weighted by atomic mass is 16.3. The molecule has 0 saturated carbocycles. The van der Waals surface area contributed by atoms with E-state index in [0.29, 0.717) is 41.8 Å². The Kier molecular flexibility index (Phi) is 10.9. The number of nitrogens with zero attached hydrogens (tertiary/aromatic N) is 2. The molecule has 1 unspecified atom stereocenters. The number of rotatable bonds is 12. The second-order valence-electron chi connectivity index (χ2n) is 12.2. The maximum atomic E-state index is 14.2. The molecular weight excluding hydrogens is 570 g/mol. The van der Waals surface area contributed by atoms with Gasteiger partial charge in [-0.15, -0.1) is 0 Å². The molecule has 45 heavy (non-hydrogen) atoms. The van der Waals surface area contributed by atoms with Gasteiger partial charge in [0.1, 0.15) is 30.6 Å². The number of carbonyl (C=O) groups is 3. The summed E-state index contributed by atoms with van der Waals surface area (Å²) in [6.45, 7) is 10.4. The van der Waals surface area contributed by atoms with Gasteiger partial charge in [-0.2, -0.15) is 0 Å². The van der Waals surface area contributed by atoms with Crippen LogP contribution in [0.2, 0.25) is 0 Å². The number of carbonyl (C=O) groups excluding carboxylic acids is 3. The molecule has 1 fully saturated rings. The van der Waals surface area contributed by atoms with E-state index in [1.54, 1.807) is 53.4 Å². The lowest BCUT2D eigenvalue weighted by Crippen LogP contribution is -2.64. The van der Waals surface area contributed by atoms with Gasteiger partial charge in [0.2, 0.25) is 5.91 Å². The van der Waals surface area contributed by atoms with E-state index in [-0.39, 0.29) is 35.9 Å². The topological polar surface area (TPSA) is 145 Å². The predicted octanol–water partition coefficient (Wildman–Crippen LogP) is 4.53. The van der Waals surface area contributed by atoms with E-state index in [0.717, 1.165) is 24.1 Å². The number of urea groups is 1. The van der Waals surface area contributed by atoms with Gasteiger partial charge in [0.15, 0.2) is 0 Å². The Bertz CT molecular complexity index is 1490. The van der Waals surface area contributed by atoms with Crippen molar-refractivity contribution in [3.8, 4) is 11.5 Å². The molecule has 0 radical (unpaired) electrons. The van der Waals surface area contributed by atoms with E-state index in [1.807, 2.05) is 32.1 Å². The summed E-state index contributed by atoms with van der Waals surface area (Å²) in [5, 5.41) is 25.7. The first-order valence-electron chi connectivity index (χ1n) is 15.3. The molecule has 4 amide bonds. The average Bonchev–Trinajstić information content (AvgIpc) is 2.98. The van der Waals surface area contributed by atoms with Crippen molar-refractivity contribution in [2.24, 2.45) is 5.73 Å². The fourth-order valence-electron chi connectivity index (χ4n) is 6.20. The molecule has 0 bridgehead atoms. The lowest BCUT2D eigenvalue weighted by Gasteiger charge is -2.48. The van der Waals surface area contributed by atoms with Crippen molar-refractivity contribution in [3.05, 3.63) is 102 Å². The van der Waals surface area contributed by atoms with Crippen LogP contribution in [-0.2, 0) is 17.8 Å². The molecule has 6 N–H and O–H groups in total. The molecule has 10 heteroatoms. The van der Waals surface area contributed by atoms with Crippen molar-refractivity contribution < 1.29 is 29.1 Å². The molecule has 3 atom stereocenters. The second kappa shape index (κ2) is 14.8. The van der Waals surface area contributed by atoms with Gasteiger partial charge in [0, 0.05) is 29.3 Å². The Morgan fingerprint density at radius 2 is 1.73 bits per heavy atom. The highest BCUT2D eigenvalue weighted by Gasteiger charge is 2.42. The number of benzene rings is 3. The van der Waals surface area contributed by atoms with E-state index in [4.69, 9.17) is 5.73 Å². The number of nitrogens with one attached hydrogen (secondary N) is 2. The van der Waals surface area contributed by atoms with Crippen LogP contribution < -0.4 is 16.4 Å². The molecule has 238 valence electrons. The third-order valence-electron chi connectivity index (χ3n) is 8.19. The summed E-state index contributed by atoms with van der Waals surface area (Å²) >= 11 is 0. The van der Waals surface area contributed by atoms with Gasteiger partial charge < -0.3 is 36.0 Å². The first-order valence-corrected chi connectivity index (χ1v) is 15.3. The van der Waals surface area contributed by atoms with Crippen LogP contribution in [0.4, 0.5) is 10.5 Å². The maximum absolute atomic E-state index is 14.2. The van der Waals surface area contributed by atoms with E-state index >= 15 is 0 Å². The van der Waals surface area contributed by atoms with Crippen LogP contribution in [0.1, 0.15) is 48.2 Å². The summed E-state index contributed by atoms with van der Waals surface area (Å²) in [6.07, 6.45) is 3.50. The van der Waals surface area contributed by atoms with Crippen molar-refractivity contribution in [1.29, 1.82) is 0 Å². The number of hydrogen-bond donors (Lipinski definition) is 5. The summed E-state index contributed by atoms with van der Waals surface area (Å²) in [7, 11) is 0. The first-order chi connectivity index (χ1) is 21.5. The first kappa shape index (κ1) is 33.1. The summed E-state index contributed by atoms with van der Waals surface area (Å²) in [5.41, 5.74) is 8.66. The molecule has 0 aromatic heterocycles. The van der Waals surface area contributed by atoms with Gasteiger partial charge >= 0.3 is 6.03 Å². The average molecular weight is 615 g/mol. The zero-order valence-electron chi connectivity index (χ0n) is 26.0. The molecule has 0 spiro atoms. The van der Waals surface area contributed by atoms with Gasteiger partial charge in [-0.1, -0.05) is 30.8 Å². The number of phenolic OH excluding ortho intramolecular Hbond substituents is 2. The standard InChI is InChI=1S/C35H43N5O5/c1-4-18-40(22-26-7-5-9-31(42)20-26)19-6-8-29(23-40)39(32(33(36)43)21-25-10-16-30(41)17-11-25)35(45)38-28-14-12-27(13-15-28)34(44)37-24(2)3/h4-5,7,9-17,20,24,29,32H,1,6,8,18-19,21-23H2,2-3H3,(H5-,36,37,38,41,42,43,44,45)/p+1/t29-,32+,40?/m1/s1. The molecule has 3 aromatic rings. The smallest absolute Gasteiger partial charge is 0.323 e. The van der Waals surface area contributed by atoms with Crippen molar-refractivity contribution >= 4 is 23.5 Å². The van der Waals surface area contributed by atoms with Crippen LogP contribution in [0.15, 0.2) is 85.5 Å². The van der Waals surface area contributed by atoms with Crippen LogP contribution in [0, 0.1) is 0 Å². The van der Waals surface area contributed by atoms with Crippen molar-refractivity contribution in [2.75, 3.05) is 25.0 Å². The molecule has 3 aromatic carbocycles. The number of quaternary nitrogens is 1. The monoisotopic (exact) mass is 614 g/mol. The van der Waals surface area contributed by atoms with Crippen LogP contribution in [0.25, 0.3) is 0 Å². The second-order valence-corrected chi connectivity index (χ2v) is 12.2. The number of aromatic hydroxyl groups is 2. The number of hydrogen-bond acceptors (Lipinski definition) is 5. The van der Waals surface area contributed by atoms with E-state index in [1.165, 1.54) is 12.1 Å². The fourth-order valence-corrected chi connectivity index (χ4v) is 6.20. The Labute approximate surface area is 264 Å². The minimum atomic E-state index is -0.972. The quantitative estimate of drug-likeness (QED) is 0.150. The SMILES string of the molecule is C=CC[N+]1(Cc2cccc(O)c2)CCC[C@@H](N(C(=O)Nc2ccc(C(=O)NC(C)C)cc2)[C@@H](Cc2ccc(O)cc2)C(N)=O)C1. The van der Waals surface area contributed by atoms with Crippen molar-refractivity contribution in [1.82, 2.24) is 10.2 Å². The minimum Gasteiger partial charge on any atom is -0.508 e. The molecule has 1 aliphatic rings. The third kappa shape index (κ3) is 8.86. The highest BCUT2D eigenvalue weighted by Crippen LogP contribution is 2.29. The number of piperidine rings is 1. The fraction of sp³-hybridized carbons (Fsp3) is 0.343. The Hall–Kier alpha value is -4.83. The predicted molar refractivity (Wildman–Crippen MR) is 175 cm³/mol. The van der Waals surface area contributed by atoms with Gasteiger partial charge in [0.25, 0.3) is 5.91 Å². The number of nitrogens with two attached hydrogens (primary N) is 1. The zero-order chi connectivity index (χ0) is 32.6. The lowest BCUT2D eigenvalue weighted by atomic mass is 9.95. The van der Waals surface area contributed by atoms with Crippen molar-refractivity contribution in [2.45, 2.75) is 57.8 Å². The van der Waals surface area contributed by atoms with Gasteiger partial charge in [-0.25, -0.2) is 4.79 Å². The molecule has 0 aliphatic carbocycles. The molecule has 1 aliphatic heterocycles. The van der Waals surface area contributed by atoms with Crippen LogP contribution in [0.3, 0.4) is 0 Å². The molecule has 1 saturated heterocycles. The molecule has 10 nitrogen and oxygen atoms in total. The molecular formula is C35H44N5O5+. The summed E-state index contributed by atoms with van der Waals surface area (Å²) < 4.78 is 0.589. The summed E-state index contributed by atoms with van der Waals surface area (Å²) in [4.78, 5) is 41.3. The number of likely N-dealkylation sites (tertiary alicyclic amines) is 1. The maximum Gasteiger partial charge on any atom is 0.323 e. The van der Waals surface area contributed by atoms with Gasteiger partial charge in [0.05, 0.1) is 19.1 Å². The number of anilines is 1. The highest BCUT2D eigenvalue weighted by molar-refractivity contribution is 5.96. The van der Waals surface area contributed by atoms with Gasteiger partial charge in [-0.3, -0.25) is 9.59 Å². The number of amides is 4. The molecule has 1 heterocycles. The Morgan fingerprint density at radius 3 is 2.36 bits per heavy atom. The lowest BCUT2D eigenvalue weighted by molar-refractivity contribution is -0.941. The van der Waals surface area contributed by atoms with Crippen LogP contribution in [0.5, 0.6) is 11.5 Å². The van der Waals surface area contributed by atoms with E-state index in [9.17, 15) is 24.6 Å². The Balaban J connectivity index is 1.66. The normalized spacial score (nSPS) is 18.5. The minimum absolute atomic E-state index is 0.0144. The van der Waals surface area contributed by atoms with Crippen LogP contribution >= 0.6 is 0 Å². The van der Waals surface area contributed by atoms with Crippen LogP contribution in [-0.4, -0.2) is 75.2 Å². The number of phenols is 2.